The maximum absolute atomic E-state index is 12.8. The number of ether oxygens (including phenoxy) is 1. The van der Waals surface area contributed by atoms with Gasteiger partial charge in [0.15, 0.2) is 5.82 Å². The molecule has 0 aliphatic heterocycles. The number of nitrogens with two attached hydrogens (primary N) is 1. The van der Waals surface area contributed by atoms with Crippen LogP contribution >= 0.6 is 0 Å². The van der Waals surface area contributed by atoms with E-state index in [4.69, 9.17) is 10.5 Å². The predicted octanol–water partition coefficient (Wildman–Crippen LogP) is 1.61. The smallest absolute Gasteiger partial charge is 0.363 e. The third-order valence-electron chi connectivity index (χ3n) is 2.56. The van der Waals surface area contributed by atoms with Gasteiger partial charge in [0.2, 0.25) is 5.69 Å². The van der Waals surface area contributed by atoms with Crippen molar-refractivity contribution in [1.29, 1.82) is 0 Å². The van der Waals surface area contributed by atoms with E-state index >= 15 is 0 Å². The van der Waals surface area contributed by atoms with E-state index in [0.29, 0.717) is 6.54 Å². The zero-order valence-electron chi connectivity index (χ0n) is 11.2. The quantitative estimate of drug-likeness (QED) is 0.859. The minimum absolute atomic E-state index is 0.0131. The molecule has 0 aliphatic carbocycles. The first kappa shape index (κ1) is 14.0. The standard InChI is InChI=1S/C13H15FN4O2/c1-8(2)20-13(19)11-12(15)18(17-16-11)7-9-3-5-10(14)6-4-9/h3-6,8H,7,15H2,1-2H3. The lowest BCUT2D eigenvalue weighted by Crippen LogP contribution is -2.14. The van der Waals surface area contributed by atoms with Crippen LogP contribution in [0.4, 0.5) is 10.2 Å². The molecule has 0 aliphatic rings. The molecule has 7 heteroatoms. The molecule has 1 aromatic heterocycles. The number of carbonyl (C=O) groups excluding carboxylic acids is 1. The van der Waals surface area contributed by atoms with Gasteiger partial charge in [-0.1, -0.05) is 17.3 Å². The topological polar surface area (TPSA) is 83.0 Å². The molecular weight excluding hydrogens is 263 g/mol. The van der Waals surface area contributed by atoms with E-state index in [1.54, 1.807) is 26.0 Å². The molecule has 6 nitrogen and oxygen atoms in total. The molecule has 2 rings (SSSR count). The molecule has 0 atom stereocenters. The Bertz CT molecular complexity index is 607. The summed E-state index contributed by atoms with van der Waals surface area (Å²) in [4.78, 5) is 11.7. The first-order chi connectivity index (χ1) is 9.47. The van der Waals surface area contributed by atoms with Crippen LogP contribution in [0.2, 0.25) is 0 Å². The van der Waals surface area contributed by atoms with Crippen molar-refractivity contribution in [3.05, 3.63) is 41.3 Å². The Labute approximate surface area is 115 Å². The molecule has 0 unspecified atom stereocenters. The van der Waals surface area contributed by atoms with Gasteiger partial charge in [-0.05, 0) is 31.5 Å². The number of nitrogens with zero attached hydrogens (tertiary/aromatic N) is 3. The van der Waals surface area contributed by atoms with E-state index in [1.165, 1.54) is 16.8 Å². The van der Waals surface area contributed by atoms with Gasteiger partial charge in [0.1, 0.15) is 5.82 Å². The fourth-order valence-electron chi connectivity index (χ4n) is 1.62. The Morgan fingerprint density at radius 2 is 2.05 bits per heavy atom. The van der Waals surface area contributed by atoms with E-state index in [1.807, 2.05) is 0 Å². The maximum Gasteiger partial charge on any atom is 0.363 e. The Balaban J connectivity index is 2.16. The first-order valence-corrected chi connectivity index (χ1v) is 6.11. The van der Waals surface area contributed by atoms with Crippen molar-refractivity contribution in [1.82, 2.24) is 15.0 Å². The summed E-state index contributed by atoms with van der Waals surface area (Å²) in [7, 11) is 0. The van der Waals surface area contributed by atoms with Gasteiger partial charge < -0.3 is 10.5 Å². The van der Waals surface area contributed by atoms with Crippen molar-refractivity contribution < 1.29 is 13.9 Å². The van der Waals surface area contributed by atoms with Crippen LogP contribution in [0.25, 0.3) is 0 Å². The number of benzene rings is 1. The van der Waals surface area contributed by atoms with Crippen LogP contribution in [0.5, 0.6) is 0 Å². The third-order valence-corrected chi connectivity index (χ3v) is 2.56. The fourth-order valence-corrected chi connectivity index (χ4v) is 1.62. The molecule has 1 aromatic carbocycles. The number of hydrogen-bond acceptors (Lipinski definition) is 5. The summed E-state index contributed by atoms with van der Waals surface area (Å²) in [5.74, 6) is -0.802. The number of hydrogen-bond donors (Lipinski definition) is 1. The number of nitrogen functional groups attached to an aromatic ring is 1. The van der Waals surface area contributed by atoms with Crippen LogP contribution in [0.15, 0.2) is 24.3 Å². The summed E-state index contributed by atoms with van der Waals surface area (Å²) < 4.78 is 19.2. The van der Waals surface area contributed by atoms with Crippen LogP contribution < -0.4 is 5.73 Å². The second kappa shape index (κ2) is 5.68. The van der Waals surface area contributed by atoms with Gasteiger partial charge in [0, 0.05) is 0 Å². The predicted molar refractivity (Wildman–Crippen MR) is 70.5 cm³/mol. The number of esters is 1. The van der Waals surface area contributed by atoms with E-state index in [9.17, 15) is 9.18 Å². The van der Waals surface area contributed by atoms with Gasteiger partial charge in [-0.3, -0.25) is 0 Å². The summed E-state index contributed by atoms with van der Waals surface area (Å²) >= 11 is 0. The monoisotopic (exact) mass is 278 g/mol. The molecule has 0 bridgehead atoms. The second-order valence-electron chi connectivity index (χ2n) is 4.56. The van der Waals surface area contributed by atoms with Crippen LogP contribution in [0, 0.1) is 5.82 Å². The Morgan fingerprint density at radius 3 is 2.65 bits per heavy atom. The Morgan fingerprint density at radius 1 is 1.40 bits per heavy atom. The fraction of sp³-hybridized carbons (Fsp3) is 0.308. The molecule has 0 saturated heterocycles. The molecule has 2 aromatic rings. The number of aromatic nitrogens is 3. The van der Waals surface area contributed by atoms with Crippen LogP contribution in [0.3, 0.4) is 0 Å². The summed E-state index contributed by atoms with van der Waals surface area (Å²) in [6.07, 6.45) is -0.260. The number of rotatable bonds is 4. The molecule has 0 fully saturated rings. The largest absolute Gasteiger partial charge is 0.458 e. The zero-order chi connectivity index (χ0) is 14.7. The van der Waals surface area contributed by atoms with E-state index in [2.05, 4.69) is 10.3 Å². The van der Waals surface area contributed by atoms with E-state index < -0.39 is 5.97 Å². The zero-order valence-corrected chi connectivity index (χ0v) is 11.2. The van der Waals surface area contributed by atoms with Gasteiger partial charge >= 0.3 is 5.97 Å². The van der Waals surface area contributed by atoms with Crippen molar-refractivity contribution >= 4 is 11.8 Å². The molecule has 20 heavy (non-hydrogen) atoms. The normalized spacial score (nSPS) is 10.8. The highest BCUT2D eigenvalue weighted by atomic mass is 19.1. The summed E-state index contributed by atoms with van der Waals surface area (Å²) in [5, 5.41) is 7.53. The molecular formula is C13H15FN4O2. The summed E-state index contributed by atoms with van der Waals surface area (Å²) in [6, 6.07) is 5.91. The van der Waals surface area contributed by atoms with Crippen molar-refractivity contribution in [3.63, 3.8) is 0 Å². The molecule has 0 amide bonds. The minimum atomic E-state index is -0.608. The number of anilines is 1. The van der Waals surface area contributed by atoms with Gasteiger partial charge in [-0.25, -0.2) is 13.9 Å². The summed E-state index contributed by atoms with van der Waals surface area (Å²) in [5.41, 5.74) is 6.61. The highest BCUT2D eigenvalue weighted by Gasteiger charge is 2.19. The van der Waals surface area contributed by atoms with Crippen LogP contribution in [-0.2, 0) is 11.3 Å². The highest BCUT2D eigenvalue weighted by Crippen LogP contribution is 2.13. The van der Waals surface area contributed by atoms with Crippen molar-refractivity contribution in [2.75, 3.05) is 5.73 Å². The van der Waals surface area contributed by atoms with Crippen LogP contribution in [0.1, 0.15) is 29.9 Å². The average Bonchev–Trinajstić information content (AvgIpc) is 2.73. The lowest BCUT2D eigenvalue weighted by atomic mass is 10.2. The summed E-state index contributed by atoms with van der Waals surface area (Å²) in [6.45, 7) is 3.77. The van der Waals surface area contributed by atoms with Gasteiger partial charge in [0.05, 0.1) is 12.6 Å². The number of carbonyl (C=O) groups is 1. The van der Waals surface area contributed by atoms with E-state index in [0.717, 1.165) is 5.56 Å². The van der Waals surface area contributed by atoms with Crippen molar-refractivity contribution in [2.24, 2.45) is 0 Å². The minimum Gasteiger partial charge on any atom is -0.458 e. The molecule has 1 heterocycles. The van der Waals surface area contributed by atoms with E-state index in [-0.39, 0.29) is 23.4 Å². The third kappa shape index (κ3) is 3.11. The number of halogens is 1. The SMILES string of the molecule is CC(C)OC(=O)c1nnn(Cc2ccc(F)cc2)c1N. The Hall–Kier alpha value is -2.44. The van der Waals surface area contributed by atoms with Crippen molar-refractivity contribution in [3.8, 4) is 0 Å². The molecule has 0 radical (unpaired) electrons. The van der Waals surface area contributed by atoms with Crippen LogP contribution in [-0.4, -0.2) is 27.1 Å². The molecule has 0 saturated carbocycles. The molecule has 2 N–H and O–H groups in total. The lowest BCUT2D eigenvalue weighted by molar-refractivity contribution is 0.0372. The molecule has 0 spiro atoms. The van der Waals surface area contributed by atoms with Gasteiger partial charge in [-0.2, -0.15) is 0 Å². The average molecular weight is 278 g/mol. The Kier molecular flexibility index (Phi) is 3.97. The lowest BCUT2D eigenvalue weighted by Gasteiger charge is -2.06. The first-order valence-electron chi connectivity index (χ1n) is 6.11. The second-order valence-corrected chi connectivity index (χ2v) is 4.56. The molecule has 106 valence electrons. The van der Waals surface area contributed by atoms with Crippen molar-refractivity contribution in [2.45, 2.75) is 26.5 Å². The highest BCUT2D eigenvalue weighted by molar-refractivity contribution is 5.91. The maximum atomic E-state index is 12.8. The van der Waals surface area contributed by atoms with Gasteiger partial charge in [-0.15, -0.1) is 5.10 Å². The van der Waals surface area contributed by atoms with Gasteiger partial charge in [0.25, 0.3) is 0 Å².